The molecule has 1 atom stereocenters. The number of nitrogens with zero attached hydrogens (tertiary/aromatic N) is 1. The molecule has 1 aromatic carbocycles. The molecule has 2 heterocycles. The molecule has 0 bridgehead atoms. The summed E-state index contributed by atoms with van der Waals surface area (Å²) in [5, 5.41) is 3.11. The van der Waals surface area contributed by atoms with Gasteiger partial charge in [-0.2, -0.15) is 0 Å². The van der Waals surface area contributed by atoms with Gasteiger partial charge >= 0.3 is 5.97 Å². The Bertz CT molecular complexity index is 730. The summed E-state index contributed by atoms with van der Waals surface area (Å²) < 4.78 is 15.9. The summed E-state index contributed by atoms with van der Waals surface area (Å²) in [5.74, 6) is 1.07. The lowest BCUT2D eigenvalue weighted by atomic mass is 10.1. The molecule has 0 radical (unpaired) electrons. The maximum Gasteiger partial charge on any atom is 0.344 e. The van der Waals surface area contributed by atoms with Crippen LogP contribution >= 0.6 is 0 Å². The van der Waals surface area contributed by atoms with E-state index in [-0.39, 0.29) is 0 Å². The summed E-state index contributed by atoms with van der Waals surface area (Å²) in [6.07, 6.45) is 1.10. The molecular formula is C16H16N2O4. The molecule has 1 aliphatic heterocycles. The van der Waals surface area contributed by atoms with Crippen molar-refractivity contribution in [3.8, 4) is 11.5 Å². The zero-order valence-corrected chi connectivity index (χ0v) is 12.5. The lowest BCUT2D eigenvalue weighted by Crippen LogP contribution is -2.11. The first-order valence-electron chi connectivity index (χ1n) is 6.79. The highest BCUT2D eigenvalue weighted by Crippen LogP contribution is 2.41. The molecule has 1 aromatic heterocycles. The first kappa shape index (κ1) is 14.2. The molecule has 22 heavy (non-hydrogen) atoms. The molecule has 6 heteroatoms. The third-order valence-electron chi connectivity index (χ3n) is 3.48. The number of nitrogens with one attached hydrogen (secondary N) is 1. The molecule has 114 valence electrons. The number of fused-ring (bicyclic) bond motifs is 1. The molecule has 0 fully saturated rings. The third kappa shape index (κ3) is 2.32. The van der Waals surface area contributed by atoms with Gasteiger partial charge in [0.1, 0.15) is 11.4 Å². The second-order valence-corrected chi connectivity index (χ2v) is 4.91. The maximum absolute atomic E-state index is 12.2. The molecule has 3 rings (SSSR count). The summed E-state index contributed by atoms with van der Waals surface area (Å²) in [6, 6.07) is 7.31. The van der Waals surface area contributed by atoms with Crippen LogP contribution in [0.25, 0.3) is 0 Å². The number of methoxy groups -OCH3 is 2. The van der Waals surface area contributed by atoms with Crippen LogP contribution in [0.1, 0.15) is 27.7 Å². The van der Waals surface area contributed by atoms with Crippen LogP contribution in [0.5, 0.6) is 11.5 Å². The van der Waals surface area contributed by atoms with Gasteiger partial charge in [0, 0.05) is 11.8 Å². The minimum Gasteiger partial charge on any atom is -0.493 e. The van der Waals surface area contributed by atoms with Crippen LogP contribution in [-0.4, -0.2) is 25.2 Å². The van der Waals surface area contributed by atoms with Gasteiger partial charge in [0.2, 0.25) is 6.23 Å². The first-order valence-corrected chi connectivity index (χ1v) is 6.79. The van der Waals surface area contributed by atoms with E-state index >= 15 is 0 Å². The van der Waals surface area contributed by atoms with Crippen LogP contribution in [0.4, 0.5) is 5.82 Å². The number of rotatable bonds is 4. The van der Waals surface area contributed by atoms with E-state index in [2.05, 4.69) is 10.3 Å². The van der Waals surface area contributed by atoms with Crippen molar-refractivity contribution in [2.24, 2.45) is 0 Å². The summed E-state index contributed by atoms with van der Waals surface area (Å²) in [6.45, 7) is 1.97. The number of cyclic esters (lactones) is 1. The quantitative estimate of drug-likeness (QED) is 0.875. The number of carbonyl (C=O) groups excluding carboxylic acids is 1. The second-order valence-electron chi connectivity index (χ2n) is 4.91. The third-order valence-corrected chi connectivity index (χ3v) is 3.48. The van der Waals surface area contributed by atoms with Crippen molar-refractivity contribution in [3.63, 3.8) is 0 Å². The van der Waals surface area contributed by atoms with Crippen molar-refractivity contribution in [1.82, 2.24) is 4.98 Å². The summed E-state index contributed by atoms with van der Waals surface area (Å²) in [4.78, 5) is 16.4. The highest BCUT2D eigenvalue weighted by atomic mass is 16.6. The number of aromatic nitrogens is 1. The van der Waals surface area contributed by atoms with Crippen molar-refractivity contribution in [2.45, 2.75) is 13.2 Å². The Morgan fingerprint density at radius 2 is 2.05 bits per heavy atom. The molecule has 6 nitrogen and oxygen atoms in total. The maximum atomic E-state index is 12.2. The fourth-order valence-corrected chi connectivity index (χ4v) is 2.46. The minimum absolute atomic E-state index is 0.381. The first-order chi connectivity index (χ1) is 10.6. The lowest BCUT2D eigenvalue weighted by molar-refractivity contribution is 0.0434. The zero-order chi connectivity index (χ0) is 15.7. The number of pyridine rings is 1. The number of aryl methyl sites for hydroxylation is 1. The normalized spacial score (nSPS) is 16.0. The molecule has 0 saturated carbocycles. The zero-order valence-electron chi connectivity index (χ0n) is 12.5. The molecule has 0 amide bonds. The molecule has 1 unspecified atom stereocenters. The van der Waals surface area contributed by atoms with Gasteiger partial charge in [0.25, 0.3) is 0 Å². The van der Waals surface area contributed by atoms with E-state index in [1.165, 1.54) is 14.2 Å². The molecular weight excluding hydrogens is 284 g/mol. The van der Waals surface area contributed by atoms with E-state index in [0.717, 1.165) is 5.56 Å². The molecule has 0 spiro atoms. The average Bonchev–Trinajstić information content (AvgIpc) is 2.82. The van der Waals surface area contributed by atoms with E-state index in [1.807, 2.05) is 19.1 Å². The fourth-order valence-electron chi connectivity index (χ4n) is 2.46. The Morgan fingerprint density at radius 3 is 2.73 bits per heavy atom. The number of hydrogen-bond acceptors (Lipinski definition) is 6. The van der Waals surface area contributed by atoms with E-state index in [4.69, 9.17) is 14.2 Å². The van der Waals surface area contributed by atoms with E-state index < -0.39 is 12.2 Å². The Hall–Kier alpha value is -2.76. The van der Waals surface area contributed by atoms with Crippen LogP contribution < -0.4 is 14.8 Å². The highest BCUT2D eigenvalue weighted by molar-refractivity contribution is 5.98. The standard InChI is InChI=1S/C16H16N2O4/c1-9-6-7-17-12(8-9)18-15-10-4-5-11(20-2)14(21-3)13(10)16(19)22-15/h4-8,15H,1-3H3,(H,17,18). The number of anilines is 1. The van der Waals surface area contributed by atoms with Gasteiger partial charge in [0.15, 0.2) is 11.5 Å². The Kier molecular flexibility index (Phi) is 3.58. The van der Waals surface area contributed by atoms with Crippen molar-refractivity contribution in [3.05, 3.63) is 47.2 Å². The SMILES string of the molecule is COc1ccc2c(c1OC)C(=O)OC2Nc1cc(C)ccn1. The predicted octanol–water partition coefficient (Wildman–Crippen LogP) is 2.69. The molecule has 0 saturated heterocycles. The predicted molar refractivity (Wildman–Crippen MR) is 80.3 cm³/mol. The number of hydrogen-bond donors (Lipinski definition) is 1. The topological polar surface area (TPSA) is 69.7 Å². The minimum atomic E-state index is -0.600. The van der Waals surface area contributed by atoms with Crippen LogP contribution in [0, 0.1) is 6.92 Å². The van der Waals surface area contributed by atoms with Gasteiger partial charge in [-0.1, -0.05) is 0 Å². The van der Waals surface area contributed by atoms with Crippen LogP contribution in [-0.2, 0) is 4.74 Å². The molecule has 0 aliphatic carbocycles. The van der Waals surface area contributed by atoms with Gasteiger partial charge in [0.05, 0.1) is 14.2 Å². The van der Waals surface area contributed by atoms with Crippen LogP contribution in [0.3, 0.4) is 0 Å². The summed E-state index contributed by atoms with van der Waals surface area (Å²) in [5.41, 5.74) is 2.15. The average molecular weight is 300 g/mol. The largest absolute Gasteiger partial charge is 0.493 e. The van der Waals surface area contributed by atoms with Gasteiger partial charge in [-0.25, -0.2) is 9.78 Å². The van der Waals surface area contributed by atoms with Crippen molar-refractivity contribution in [1.29, 1.82) is 0 Å². The monoisotopic (exact) mass is 300 g/mol. The number of carbonyl (C=O) groups is 1. The van der Waals surface area contributed by atoms with E-state index in [9.17, 15) is 4.79 Å². The molecule has 1 aliphatic rings. The number of esters is 1. The highest BCUT2D eigenvalue weighted by Gasteiger charge is 2.36. The Balaban J connectivity index is 1.98. The van der Waals surface area contributed by atoms with Crippen LogP contribution in [0.15, 0.2) is 30.5 Å². The lowest BCUT2D eigenvalue weighted by Gasteiger charge is -2.14. The smallest absolute Gasteiger partial charge is 0.344 e. The van der Waals surface area contributed by atoms with Crippen molar-refractivity contribution in [2.75, 3.05) is 19.5 Å². The fraction of sp³-hybridized carbons (Fsp3) is 0.250. The van der Waals surface area contributed by atoms with Gasteiger partial charge in [-0.3, -0.25) is 0 Å². The number of benzene rings is 1. The summed E-state index contributed by atoms with van der Waals surface area (Å²) >= 11 is 0. The summed E-state index contributed by atoms with van der Waals surface area (Å²) in [7, 11) is 3.02. The van der Waals surface area contributed by atoms with Crippen molar-refractivity contribution < 1.29 is 19.0 Å². The van der Waals surface area contributed by atoms with Gasteiger partial charge in [-0.05, 0) is 36.8 Å². The second kappa shape index (κ2) is 5.55. The van der Waals surface area contributed by atoms with Gasteiger partial charge in [-0.15, -0.1) is 0 Å². The Morgan fingerprint density at radius 1 is 1.23 bits per heavy atom. The van der Waals surface area contributed by atoms with E-state index in [1.54, 1.807) is 18.3 Å². The Labute approximate surface area is 128 Å². The molecule has 1 N–H and O–H groups in total. The molecule has 2 aromatic rings. The number of ether oxygens (including phenoxy) is 3. The van der Waals surface area contributed by atoms with Crippen molar-refractivity contribution >= 4 is 11.8 Å². The van der Waals surface area contributed by atoms with Gasteiger partial charge < -0.3 is 19.5 Å². The van der Waals surface area contributed by atoms with Crippen LogP contribution in [0.2, 0.25) is 0 Å². The van der Waals surface area contributed by atoms with E-state index in [0.29, 0.717) is 28.4 Å².